The number of Topliss-reactive ketones (excluding diaryl/α,β-unsaturated/α-hetero) is 1. The molecule has 3 heterocycles. The van der Waals surface area contributed by atoms with E-state index in [4.69, 9.17) is 10.5 Å². The highest BCUT2D eigenvalue weighted by Gasteiger charge is 2.24. The summed E-state index contributed by atoms with van der Waals surface area (Å²) in [6.07, 6.45) is 3.61. The van der Waals surface area contributed by atoms with Crippen molar-refractivity contribution in [3.63, 3.8) is 0 Å². The number of rotatable bonds is 5. The number of nitrogens with one attached hydrogen (secondary N) is 1. The Kier molecular flexibility index (Phi) is 5.06. The quantitative estimate of drug-likeness (QED) is 0.487. The number of carbonyl (C=O) groups excluding carboxylic acids is 2. The van der Waals surface area contributed by atoms with Gasteiger partial charge in [-0.25, -0.2) is 9.59 Å². The van der Waals surface area contributed by atoms with Crippen LogP contribution in [0.2, 0.25) is 0 Å². The number of hydrogen-bond donors (Lipinski definition) is 2. The number of aryl methyl sites for hydroxylation is 1. The smallest absolute Gasteiger partial charge is 0.341 e. The first-order valence-corrected chi connectivity index (χ1v) is 9.06. The van der Waals surface area contributed by atoms with Crippen LogP contribution in [-0.4, -0.2) is 32.5 Å². The molecule has 0 saturated carbocycles. The van der Waals surface area contributed by atoms with Crippen LogP contribution in [0.5, 0.6) is 0 Å². The third-order valence-corrected chi connectivity index (χ3v) is 5.61. The maximum atomic E-state index is 12.7. The number of hydrogen-bond acceptors (Lipinski definition) is 7. The standard InChI is InChI=1S/C18H18N4O5S/c1-9-10(2)28-16(22-6-4-5-7-22)12(9)17(25)27-8-11(23)13-14(19)21(3)18(26)20-15(13)24/h4-7H,8,19H2,1-3H3,(H,20,24,26). The maximum absolute atomic E-state index is 12.7. The number of aromatic nitrogens is 3. The number of aromatic amines is 1. The van der Waals surface area contributed by atoms with Crippen LogP contribution in [-0.2, 0) is 11.8 Å². The minimum Gasteiger partial charge on any atom is -0.454 e. The molecule has 0 aliphatic rings. The van der Waals surface area contributed by atoms with Crippen LogP contribution >= 0.6 is 11.3 Å². The summed E-state index contributed by atoms with van der Waals surface area (Å²) >= 11 is 1.43. The van der Waals surface area contributed by atoms with Crippen LogP contribution in [0.25, 0.3) is 5.00 Å². The Labute approximate surface area is 163 Å². The van der Waals surface area contributed by atoms with Crippen molar-refractivity contribution in [2.75, 3.05) is 12.3 Å². The predicted octanol–water partition coefficient (Wildman–Crippen LogP) is 1.16. The van der Waals surface area contributed by atoms with Crippen molar-refractivity contribution in [3.8, 4) is 5.00 Å². The van der Waals surface area contributed by atoms with Gasteiger partial charge >= 0.3 is 11.7 Å². The molecule has 0 saturated heterocycles. The monoisotopic (exact) mass is 402 g/mol. The van der Waals surface area contributed by atoms with Crippen molar-refractivity contribution in [2.24, 2.45) is 7.05 Å². The van der Waals surface area contributed by atoms with Gasteiger partial charge in [0.1, 0.15) is 16.4 Å². The molecule has 3 aromatic rings. The van der Waals surface area contributed by atoms with Crippen LogP contribution in [0.3, 0.4) is 0 Å². The van der Waals surface area contributed by atoms with Crippen molar-refractivity contribution in [2.45, 2.75) is 13.8 Å². The normalized spacial score (nSPS) is 10.8. The molecule has 0 aliphatic carbocycles. The highest BCUT2D eigenvalue weighted by atomic mass is 32.1. The molecule has 3 rings (SSSR count). The molecule has 0 bridgehead atoms. The predicted molar refractivity (Wildman–Crippen MR) is 104 cm³/mol. The average Bonchev–Trinajstić information content (AvgIpc) is 3.27. The van der Waals surface area contributed by atoms with E-state index in [1.54, 1.807) is 23.9 Å². The van der Waals surface area contributed by atoms with Gasteiger partial charge in [-0.3, -0.25) is 19.1 Å². The van der Waals surface area contributed by atoms with Crippen LogP contribution in [0.15, 0.2) is 34.1 Å². The first-order valence-electron chi connectivity index (χ1n) is 8.24. The summed E-state index contributed by atoms with van der Waals surface area (Å²) < 4.78 is 7.89. The van der Waals surface area contributed by atoms with Gasteiger partial charge in [-0.05, 0) is 31.5 Å². The highest BCUT2D eigenvalue weighted by molar-refractivity contribution is 7.15. The van der Waals surface area contributed by atoms with E-state index in [-0.39, 0.29) is 5.82 Å². The number of ether oxygens (including phenoxy) is 1. The second-order valence-electron chi connectivity index (χ2n) is 6.13. The van der Waals surface area contributed by atoms with Gasteiger partial charge in [0.15, 0.2) is 6.61 Å². The van der Waals surface area contributed by atoms with Crippen LogP contribution in [0, 0.1) is 13.8 Å². The minimum absolute atomic E-state index is 0.287. The molecule has 3 aromatic heterocycles. The number of nitrogen functional groups attached to an aromatic ring is 1. The molecule has 0 atom stereocenters. The average molecular weight is 402 g/mol. The fourth-order valence-corrected chi connectivity index (χ4v) is 3.79. The van der Waals surface area contributed by atoms with Crippen LogP contribution in [0.1, 0.15) is 31.2 Å². The summed E-state index contributed by atoms with van der Waals surface area (Å²) in [6.45, 7) is 3.01. The van der Waals surface area contributed by atoms with Gasteiger partial charge < -0.3 is 15.0 Å². The van der Waals surface area contributed by atoms with E-state index in [1.807, 2.05) is 24.0 Å². The summed E-state index contributed by atoms with van der Waals surface area (Å²) in [5, 5.41) is 0.678. The van der Waals surface area contributed by atoms with Gasteiger partial charge in [0.25, 0.3) is 5.56 Å². The molecular formula is C18H18N4O5S. The van der Waals surface area contributed by atoms with E-state index in [2.05, 4.69) is 0 Å². The molecule has 0 fully saturated rings. The Balaban J connectivity index is 1.87. The molecule has 10 heteroatoms. The van der Waals surface area contributed by atoms with Crippen molar-refractivity contribution >= 4 is 28.9 Å². The lowest BCUT2D eigenvalue weighted by atomic mass is 10.1. The number of ketones is 1. The molecule has 0 radical (unpaired) electrons. The Morgan fingerprint density at radius 3 is 2.46 bits per heavy atom. The van der Waals surface area contributed by atoms with Gasteiger partial charge in [-0.2, -0.15) is 0 Å². The molecule has 0 aromatic carbocycles. The Morgan fingerprint density at radius 1 is 1.18 bits per heavy atom. The molecule has 0 amide bonds. The van der Waals surface area contributed by atoms with Gasteiger partial charge in [0.2, 0.25) is 5.78 Å². The van der Waals surface area contributed by atoms with Gasteiger partial charge in [-0.1, -0.05) is 0 Å². The Morgan fingerprint density at radius 2 is 1.82 bits per heavy atom. The third-order valence-electron chi connectivity index (χ3n) is 4.39. The molecular weight excluding hydrogens is 384 g/mol. The lowest BCUT2D eigenvalue weighted by molar-refractivity contribution is 0.0474. The number of esters is 1. The Bertz CT molecular complexity index is 1180. The van der Waals surface area contributed by atoms with E-state index in [1.165, 1.54) is 18.4 Å². The largest absolute Gasteiger partial charge is 0.454 e. The van der Waals surface area contributed by atoms with Crippen molar-refractivity contribution in [3.05, 3.63) is 66.9 Å². The zero-order valence-corrected chi connectivity index (χ0v) is 16.3. The molecule has 9 nitrogen and oxygen atoms in total. The maximum Gasteiger partial charge on any atom is 0.341 e. The second-order valence-corrected chi connectivity index (χ2v) is 7.33. The van der Waals surface area contributed by atoms with Crippen molar-refractivity contribution in [1.82, 2.24) is 14.1 Å². The van der Waals surface area contributed by atoms with E-state index < -0.39 is 35.2 Å². The molecule has 3 N–H and O–H groups in total. The van der Waals surface area contributed by atoms with Crippen LogP contribution < -0.4 is 17.0 Å². The molecule has 0 spiro atoms. The summed E-state index contributed by atoms with van der Waals surface area (Å²) in [4.78, 5) is 51.4. The summed E-state index contributed by atoms with van der Waals surface area (Å²) in [5.41, 5.74) is 4.73. The molecule has 0 unspecified atom stereocenters. The zero-order valence-electron chi connectivity index (χ0n) is 15.4. The highest BCUT2D eigenvalue weighted by Crippen LogP contribution is 2.31. The zero-order chi connectivity index (χ0) is 20.6. The fourth-order valence-electron chi connectivity index (χ4n) is 2.68. The van der Waals surface area contributed by atoms with Crippen LogP contribution in [0.4, 0.5) is 5.82 Å². The van der Waals surface area contributed by atoms with E-state index in [0.29, 0.717) is 10.6 Å². The molecule has 0 aliphatic heterocycles. The second kappa shape index (κ2) is 7.31. The fraction of sp³-hybridized carbons (Fsp3) is 0.222. The molecule has 146 valence electrons. The lowest BCUT2D eigenvalue weighted by Gasteiger charge is -2.09. The van der Waals surface area contributed by atoms with E-state index in [0.717, 1.165) is 15.0 Å². The topological polar surface area (TPSA) is 129 Å². The number of anilines is 1. The number of nitrogens with zero attached hydrogens (tertiary/aromatic N) is 2. The number of thiophene rings is 1. The van der Waals surface area contributed by atoms with E-state index >= 15 is 0 Å². The van der Waals surface area contributed by atoms with Gasteiger partial charge in [0.05, 0.1) is 5.56 Å². The summed E-state index contributed by atoms with van der Waals surface area (Å²) in [5.74, 6) is -1.76. The number of H-pyrrole nitrogens is 1. The molecule has 28 heavy (non-hydrogen) atoms. The SMILES string of the molecule is Cc1sc(-n2cccc2)c(C(=O)OCC(=O)c2c(N)n(C)c(=O)[nH]c2=O)c1C. The first kappa shape index (κ1) is 19.4. The number of nitrogens with two attached hydrogens (primary N) is 1. The third kappa shape index (κ3) is 3.29. The van der Waals surface area contributed by atoms with Crippen molar-refractivity contribution < 1.29 is 14.3 Å². The Hall–Kier alpha value is -3.40. The number of carbonyl (C=O) groups is 2. The van der Waals surface area contributed by atoms with Gasteiger partial charge in [0, 0.05) is 24.3 Å². The van der Waals surface area contributed by atoms with Crippen molar-refractivity contribution in [1.29, 1.82) is 0 Å². The first-order chi connectivity index (χ1) is 13.2. The van der Waals surface area contributed by atoms with Gasteiger partial charge in [-0.15, -0.1) is 11.3 Å². The summed E-state index contributed by atoms with van der Waals surface area (Å²) in [6, 6.07) is 3.66. The summed E-state index contributed by atoms with van der Waals surface area (Å²) in [7, 11) is 1.32. The minimum atomic E-state index is -0.919. The lowest BCUT2D eigenvalue weighted by Crippen LogP contribution is -2.35. The van der Waals surface area contributed by atoms with E-state index in [9.17, 15) is 19.2 Å².